The van der Waals surface area contributed by atoms with Crippen molar-refractivity contribution in [1.82, 2.24) is 4.98 Å². The fourth-order valence-electron chi connectivity index (χ4n) is 1.80. The van der Waals surface area contributed by atoms with Gasteiger partial charge in [-0.25, -0.2) is 18.6 Å². The quantitative estimate of drug-likeness (QED) is 0.931. The van der Waals surface area contributed by atoms with Gasteiger partial charge in [-0.15, -0.1) is 0 Å². The minimum atomic E-state index is -1.23. The monoisotopic (exact) mass is 281 g/mol. The number of rotatable bonds is 4. The fraction of sp³-hybridized carbons (Fsp3) is 0.286. The van der Waals surface area contributed by atoms with E-state index in [0.29, 0.717) is 12.1 Å². The molecular formula is C14H13F2NO3. The number of hydrogen-bond acceptors (Lipinski definition) is 3. The molecule has 0 saturated carbocycles. The number of oxazole rings is 1. The van der Waals surface area contributed by atoms with Gasteiger partial charge in [-0.3, -0.25) is 0 Å². The minimum absolute atomic E-state index is 0.0306. The van der Waals surface area contributed by atoms with Crippen molar-refractivity contribution in [2.24, 2.45) is 5.92 Å². The lowest BCUT2D eigenvalue weighted by molar-refractivity contribution is 0.0661. The maximum absolute atomic E-state index is 13.2. The van der Waals surface area contributed by atoms with Crippen molar-refractivity contribution in [3.8, 4) is 11.5 Å². The van der Waals surface area contributed by atoms with Gasteiger partial charge in [0.1, 0.15) is 0 Å². The molecule has 0 aliphatic rings. The van der Waals surface area contributed by atoms with Crippen molar-refractivity contribution in [2.45, 2.75) is 20.3 Å². The molecule has 0 amide bonds. The van der Waals surface area contributed by atoms with Gasteiger partial charge in [0, 0.05) is 5.56 Å². The number of hydrogen-bond donors (Lipinski definition) is 1. The number of carboxylic acid groups (broad SMARTS) is 1. The van der Waals surface area contributed by atoms with Crippen LogP contribution in [0.2, 0.25) is 0 Å². The summed E-state index contributed by atoms with van der Waals surface area (Å²) < 4.78 is 31.2. The highest BCUT2D eigenvalue weighted by atomic mass is 19.2. The van der Waals surface area contributed by atoms with E-state index < -0.39 is 17.6 Å². The molecule has 20 heavy (non-hydrogen) atoms. The average molecular weight is 281 g/mol. The van der Waals surface area contributed by atoms with Gasteiger partial charge in [0.25, 0.3) is 0 Å². The van der Waals surface area contributed by atoms with E-state index >= 15 is 0 Å². The lowest BCUT2D eigenvalue weighted by Gasteiger charge is -2.00. The first-order chi connectivity index (χ1) is 9.38. The molecular weight excluding hydrogens is 268 g/mol. The zero-order valence-electron chi connectivity index (χ0n) is 11.0. The molecule has 106 valence electrons. The Kier molecular flexibility index (Phi) is 3.83. The SMILES string of the molecule is CC(C)Cc1nc(-c2ccc(F)c(F)c2)oc1C(=O)O. The number of halogens is 2. The number of benzene rings is 1. The number of carbonyl (C=O) groups is 1. The van der Waals surface area contributed by atoms with Crippen LogP contribution in [0, 0.1) is 17.6 Å². The molecule has 4 nitrogen and oxygen atoms in total. The first-order valence-electron chi connectivity index (χ1n) is 6.07. The van der Waals surface area contributed by atoms with Crippen molar-refractivity contribution in [3.63, 3.8) is 0 Å². The van der Waals surface area contributed by atoms with E-state index in [1.54, 1.807) is 0 Å². The summed E-state index contributed by atoms with van der Waals surface area (Å²) >= 11 is 0. The molecule has 0 unspecified atom stereocenters. The van der Waals surface area contributed by atoms with E-state index in [9.17, 15) is 13.6 Å². The Bertz CT molecular complexity index is 650. The molecule has 1 aromatic heterocycles. The standard InChI is InChI=1S/C14H13F2NO3/c1-7(2)5-11-12(14(18)19)20-13(17-11)8-3-4-9(15)10(16)6-8/h3-4,6-7H,5H2,1-2H3,(H,18,19). The largest absolute Gasteiger partial charge is 0.475 e. The Morgan fingerprint density at radius 1 is 1.35 bits per heavy atom. The highest BCUT2D eigenvalue weighted by Gasteiger charge is 2.21. The van der Waals surface area contributed by atoms with Crippen LogP contribution in [0.5, 0.6) is 0 Å². The van der Waals surface area contributed by atoms with Gasteiger partial charge >= 0.3 is 5.97 Å². The second-order valence-corrected chi connectivity index (χ2v) is 4.83. The van der Waals surface area contributed by atoms with E-state index in [4.69, 9.17) is 9.52 Å². The van der Waals surface area contributed by atoms with E-state index in [0.717, 1.165) is 12.1 Å². The topological polar surface area (TPSA) is 63.3 Å². The Morgan fingerprint density at radius 3 is 2.60 bits per heavy atom. The van der Waals surface area contributed by atoms with Crippen LogP contribution < -0.4 is 0 Å². The van der Waals surface area contributed by atoms with Gasteiger partial charge in [-0.1, -0.05) is 13.8 Å². The van der Waals surface area contributed by atoms with Crippen molar-refractivity contribution in [3.05, 3.63) is 41.3 Å². The number of carboxylic acids is 1. The van der Waals surface area contributed by atoms with Gasteiger partial charge in [-0.05, 0) is 30.5 Å². The summed E-state index contributed by atoms with van der Waals surface area (Å²) in [7, 11) is 0. The van der Waals surface area contributed by atoms with Crippen LogP contribution in [0.3, 0.4) is 0 Å². The summed E-state index contributed by atoms with van der Waals surface area (Å²) in [6, 6.07) is 3.15. The van der Waals surface area contributed by atoms with Gasteiger partial charge in [-0.2, -0.15) is 0 Å². The van der Waals surface area contributed by atoms with Crippen molar-refractivity contribution >= 4 is 5.97 Å². The summed E-state index contributed by atoms with van der Waals surface area (Å²) in [4.78, 5) is 15.2. The Hall–Kier alpha value is -2.24. The molecule has 0 aliphatic carbocycles. The van der Waals surface area contributed by atoms with Crippen LogP contribution in [-0.2, 0) is 6.42 Å². The Morgan fingerprint density at radius 2 is 2.05 bits per heavy atom. The molecule has 1 aromatic carbocycles. The zero-order valence-corrected chi connectivity index (χ0v) is 11.0. The van der Waals surface area contributed by atoms with Gasteiger partial charge < -0.3 is 9.52 Å². The van der Waals surface area contributed by atoms with Crippen LogP contribution in [0.1, 0.15) is 30.1 Å². The lowest BCUT2D eigenvalue weighted by atomic mass is 10.1. The summed E-state index contributed by atoms with van der Waals surface area (Å²) in [6.07, 6.45) is 0.425. The number of aromatic nitrogens is 1. The molecule has 0 radical (unpaired) electrons. The minimum Gasteiger partial charge on any atom is -0.475 e. The van der Waals surface area contributed by atoms with Crippen molar-refractivity contribution in [2.75, 3.05) is 0 Å². The summed E-state index contributed by atoms with van der Waals surface area (Å²) in [5.74, 6) is -3.36. The average Bonchev–Trinajstić information content (AvgIpc) is 2.76. The third kappa shape index (κ3) is 2.84. The maximum atomic E-state index is 13.2. The predicted molar refractivity (Wildman–Crippen MR) is 67.4 cm³/mol. The van der Waals surface area contributed by atoms with Gasteiger partial charge in [0.05, 0.1) is 5.69 Å². The molecule has 0 aliphatic heterocycles. The van der Waals surface area contributed by atoms with Gasteiger partial charge in [0.15, 0.2) is 11.6 Å². The first kappa shape index (κ1) is 14.2. The van der Waals surface area contributed by atoms with Crippen LogP contribution in [-0.4, -0.2) is 16.1 Å². The van der Waals surface area contributed by atoms with E-state index in [1.807, 2.05) is 13.8 Å². The molecule has 0 bridgehead atoms. The van der Waals surface area contributed by atoms with Crippen LogP contribution in [0.4, 0.5) is 8.78 Å². The van der Waals surface area contributed by atoms with Crippen LogP contribution >= 0.6 is 0 Å². The first-order valence-corrected chi connectivity index (χ1v) is 6.07. The predicted octanol–water partition coefficient (Wildman–Crippen LogP) is 3.52. The summed E-state index contributed by atoms with van der Waals surface area (Å²) in [5, 5.41) is 9.07. The Labute approximate surface area is 114 Å². The molecule has 1 N–H and O–H groups in total. The van der Waals surface area contributed by atoms with E-state index in [2.05, 4.69) is 4.98 Å². The van der Waals surface area contributed by atoms with E-state index in [1.165, 1.54) is 6.07 Å². The second-order valence-electron chi connectivity index (χ2n) is 4.83. The number of nitrogens with zero attached hydrogens (tertiary/aromatic N) is 1. The fourth-order valence-corrected chi connectivity index (χ4v) is 1.80. The van der Waals surface area contributed by atoms with Gasteiger partial charge in [0.2, 0.25) is 11.7 Å². The third-order valence-electron chi connectivity index (χ3n) is 2.66. The molecule has 1 heterocycles. The summed E-state index contributed by atoms with van der Waals surface area (Å²) in [5.41, 5.74) is 0.494. The van der Waals surface area contributed by atoms with Crippen LogP contribution in [0.15, 0.2) is 22.6 Å². The molecule has 0 saturated heterocycles. The molecule has 2 aromatic rings. The molecule has 0 spiro atoms. The number of aromatic carboxylic acids is 1. The van der Waals surface area contributed by atoms with Crippen LogP contribution in [0.25, 0.3) is 11.5 Å². The van der Waals surface area contributed by atoms with E-state index in [-0.39, 0.29) is 23.1 Å². The van der Waals surface area contributed by atoms with Crippen molar-refractivity contribution < 1.29 is 23.1 Å². The highest BCUT2D eigenvalue weighted by molar-refractivity contribution is 5.86. The Balaban J connectivity index is 2.46. The molecule has 2 rings (SSSR count). The third-order valence-corrected chi connectivity index (χ3v) is 2.66. The lowest BCUT2D eigenvalue weighted by Crippen LogP contribution is -2.03. The maximum Gasteiger partial charge on any atom is 0.373 e. The highest BCUT2D eigenvalue weighted by Crippen LogP contribution is 2.25. The smallest absolute Gasteiger partial charge is 0.373 e. The molecule has 6 heteroatoms. The molecule has 0 atom stereocenters. The zero-order chi connectivity index (χ0) is 14.9. The molecule has 0 fully saturated rings. The summed E-state index contributed by atoms with van der Waals surface area (Å²) in [6.45, 7) is 3.83. The normalized spacial score (nSPS) is 11.1. The second kappa shape index (κ2) is 5.40. The van der Waals surface area contributed by atoms with Crippen molar-refractivity contribution in [1.29, 1.82) is 0 Å².